The molecular formula is C55H64N8O6. The lowest BCUT2D eigenvalue weighted by Crippen LogP contribution is -2.51. The number of nitrogens with zero attached hydrogens (tertiary/aromatic N) is 4. The molecule has 4 atom stereocenters. The Morgan fingerprint density at radius 3 is 1.88 bits per heavy atom. The van der Waals surface area contributed by atoms with Crippen molar-refractivity contribution in [2.75, 3.05) is 27.3 Å². The minimum absolute atomic E-state index is 0.112. The van der Waals surface area contributed by atoms with Crippen molar-refractivity contribution in [2.45, 2.75) is 121 Å². The number of carbonyl (C=O) groups is 4. The predicted octanol–water partition coefficient (Wildman–Crippen LogP) is 10.3. The Kier molecular flexibility index (Phi) is 12.5. The molecule has 4 aliphatic rings. The second-order valence-electron chi connectivity index (χ2n) is 20.3. The number of aromatic nitrogens is 4. The van der Waals surface area contributed by atoms with Crippen LogP contribution < -0.4 is 10.6 Å². The molecule has 4 aromatic carbocycles. The summed E-state index contributed by atoms with van der Waals surface area (Å²) in [7, 11) is 2.62. The number of amides is 4. The molecular weight excluding hydrogens is 869 g/mol. The third-order valence-electron chi connectivity index (χ3n) is 15.7. The van der Waals surface area contributed by atoms with Gasteiger partial charge in [-0.15, -0.1) is 0 Å². The summed E-state index contributed by atoms with van der Waals surface area (Å²) in [5.74, 6) is 1.03. The monoisotopic (exact) mass is 932 g/mol. The first kappa shape index (κ1) is 46.1. The average Bonchev–Trinajstić information content (AvgIpc) is 4.23. The van der Waals surface area contributed by atoms with Crippen LogP contribution in [0.25, 0.3) is 55.3 Å². The van der Waals surface area contributed by atoms with Gasteiger partial charge < -0.3 is 39.9 Å². The maximum atomic E-state index is 13.9. The van der Waals surface area contributed by atoms with Gasteiger partial charge >= 0.3 is 12.2 Å². The lowest BCUT2D eigenvalue weighted by atomic mass is 9.76. The van der Waals surface area contributed by atoms with Crippen molar-refractivity contribution in [1.29, 1.82) is 0 Å². The Morgan fingerprint density at radius 1 is 0.681 bits per heavy atom. The summed E-state index contributed by atoms with van der Waals surface area (Å²) in [6, 6.07) is 22.5. The van der Waals surface area contributed by atoms with Crippen LogP contribution in [0.4, 0.5) is 9.59 Å². The maximum absolute atomic E-state index is 13.9. The molecule has 0 bridgehead atoms. The number of H-pyrrole nitrogens is 2. The lowest BCUT2D eigenvalue weighted by molar-refractivity contribution is -0.136. The van der Waals surface area contributed by atoms with Crippen LogP contribution in [0.2, 0.25) is 0 Å². The Balaban J connectivity index is 0.972. The van der Waals surface area contributed by atoms with Crippen molar-refractivity contribution in [2.24, 2.45) is 11.8 Å². The van der Waals surface area contributed by atoms with Crippen LogP contribution in [0, 0.1) is 11.8 Å². The van der Waals surface area contributed by atoms with Crippen LogP contribution in [0.1, 0.15) is 120 Å². The molecule has 2 aromatic heterocycles. The zero-order valence-electron chi connectivity index (χ0n) is 40.6. The number of nitrogens with one attached hydrogen (secondary N) is 4. The van der Waals surface area contributed by atoms with Crippen molar-refractivity contribution in [3.05, 3.63) is 95.7 Å². The summed E-state index contributed by atoms with van der Waals surface area (Å²) < 4.78 is 9.68. The molecule has 14 heteroatoms. The molecule has 1 unspecified atom stereocenters. The predicted molar refractivity (Wildman–Crippen MR) is 266 cm³/mol. The molecule has 1 spiro atoms. The van der Waals surface area contributed by atoms with Gasteiger partial charge in [0, 0.05) is 18.7 Å². The molecule has 10 rings (SSSR count). The van der Waals surface area contributed by atoms with E-state index in [0.717, 1.165) is 83.4 Å². The zero-order chi connectivity index (χ0) is 48.1. The standard InChI is InChI=1S/C55H64N8O6/c1-31(2)47(60-53(66)68-5)51(64)62-27-11-15-44(62)49-56-30-43(59-49)39-21-20-37(35-13-7-8-14-36(35)39)38-19-18-34(46-40(38)23-26-55(46)24-9-10-25-55)33-17-22-41-42(29-33)58-50(57-41)45-16-12-28-63(45)52(65)48(32(3)4)61-54(67)69-6/h7-8,13-14,17-22,29-32,44-45,47-48H,9-12,15-16,23-28H2,1-6H3,(H,56,59)(H,57,58)(H,60,66)(H,61,67)/t44?,45-,47-,48-/m0/s1. The first-order valence-corrected chi connectivity index (χ1v) is 24.9. The first-order chi connectivity index (χ1) is 33.4. The number of benzene rings is 4. The van der Waals surface area contributed by atoms with E-state index in [1.807, 2.05) is 43.7 Å². The minimum Gasteiger partial charge on any atom is -0.453 e. The van der Waals surface area contributed by atoms with Crippen LogP contribution >= 0.6 is 0 Å². The van der Waals surface area contributed by atoms with E-state index in [-0.39, 0.29) is 41.1 Å². The summed E-state index contributed by atoms with van der Waals surface area (Å²) in [4.78, 5) is 73.1. The van der Waals surface area contributed by atoms with E-state index in [0.29, 0.717) is 13.1 Å². The molecule has 2 saturated heterocycles. The van der Waals surface area contributed by atoms with Gasteiger partial charge in [-0.25, -0.2) is 19.6 Å². The van der Waals surface area contributed by atoms with Gasteiger partial charge in [-0.3, -0.25) is 9.59 Å². The number of imidazole rings is 2. The molecule has 1 saturated carbocycles. The topological polar surface area (TPSA) is 175 Å². The molecule has 3 fully saturated rings. The normalized spacial score (nSPS) is 19.5. The summed E-state index contributed by atoms with van der Waals surface area (Å²) in [6.07, 6.45) is 10.9. The van der Waals surface area contributed by atoms with Crippen molar-refractivity contribution in [1.82, 2.24) is 40.4 Å². The van der Waals surface area contributed by atoms with Crippen LogP contribution in [0.5, 0.6) is 0 Å². The molecule has 69 heavy (non-hydrogen) atoms. The summed E-state index contributed by atoms with van der Waals surface area (Å²) in [5.41, 5.74) is 11.7. The molecule has 14 nitrogen and oxygen atoms in total. The highest BCUT2D eigenvalue weighted by Crippen LogP contribution is 2.56. The van der Waals surface area contributed by atoms with Crippen molar-refractivity contribution < 1.29 is 28.7 Å². The highest BCUT2D eigenvalue weighted by molar-refractivity contribution is 6.05. The SMILES string of the molecule is COC(=O)N[C@H](C(=O)N1CCCC1c1ncc(-c2ccc(-c3ccc(-c4ccc5nc([C@@H]6CCCN6C(=O)[C@@H](NC(=O)OC)C(C)C)[nH]c5c4)c4c3CCC43CCCC3)c3ccccc23)[nH]1)C(C)C. The zero-order valence-corrected chi connectivity index (χ0v) is 40.6. The number of hydrogen-bond acceptors (Lipinski definition) is 8. The summed E-state index contributed by atoms with van der Waals surface area (Å²) in [5, 5.41) is 7.80. The molecule has 2 aliphatic heterocycles. The Hall–Kier alpha value is -6.70. The number of ether oxygens (including phenoxy) is 2. The van der Waals surface area contributed by atoms with E-state index in [4.69, 9.17) is 19.4 Å². The van der Waals surface area contributed by atoms with E-state index >= 15 is 0 Å². The van der Waals surface area contributed by atoms with Gasteiger partial charge in [-0.05, 0) is 125 Å². The third kappa shape index (κ3) is 8.29. The fourth-order valence-corrected chi connectivity index (χ4v) is 12.2. The van der Waals surface area contributed by atoms with Gasteiger partial charge in [-0.1, -0.05) is 95.1 Å². The Labute approximate surface area is 403 Å². The fourth-order valence-electron chi connectivity index (χ4n) is 12.2. The summed E-state index contributed by atoms with van der Waals surface area (Å²) >= 11 is 0. The van der Waals surface area contributed by atoms with Crippen LogP contribution in [0.15, 0.2) is 72.9 Å². The maximum Gasteiger partial charge on any atom is 0.407 e. The number of carbonyl (C=O) groups excluding carboxylic acids is 4. The van der Waals surface area contributed by atoms with Crippen molar-refractivity contribution in [3.8, 4) is 33.5 Å². The number of hydrogen-bond donors (Lipinski definition) is 4. The number of fused-ring (bicyclic) bond motifs is 4. The van der Waals surface area contributed by atoms with E-state index in [1.54, 1.807) is 0 Å². The second kappa shape index (κ2) is 18.7. The fraction of sp³-hybridized carbons (Fsp3) is 0.455. The van der Waals surface area contributed by atoms with Crippen molar-refractivity contribution in [3.63, 3.8) is 0 Å². The molecule has 0 radical (unpaired) electrons. The lowest BCUT2D eigenvalue weighted by Gasteiger charge is -2.30. The van der Waals surface area contributed by atoms with E-state index in [1.165, 1.54) is 73.1 Å². The van der Waals surface area contributed by atoms with Crippen LogP contribution in [-0.2, 0) is 30.9 Å². The molecule has 2 aliphatic carbocycles. The average molecular weight is 933 g/mol. The number of methoxy groups -OCH3 is 2. The van der Waals surface area contributed by atoms with E-state index in [2.05, 4.69) is 87.3 Å². The van der Waals surface area contributed by atoms with Gasteiger partial charge in [0.25, 0.3) is 0 Å². The van der Waals surface area contributed by atoms with E-state index < -0.39 is 24.3 Å². The number of aromatic amines is 2. The van der Waals surface area contributed by atoms with Crippen LogP contribution in [0.3, 0.4) is 0 Å². The molecule has 360 valence electrons. The molecule has 6 aromatic rings. The van der Waals surface area contributed by atoms with Gasteiger partial charge in [-0.2, -0.15) is 0 Å². The van der Waals surface area contributed by atoms with E-state index in [9.17, 15) is 19.2 Å². The van der Waals surface area contributed by atoms with Gasteiger partial charge in [0.05, 0.1) is 49.2 Å². The molecule has 4 N–H and O–H groups in total. The van der Waals surface area contributed by atoms with Gasteiger partial charge in [0.15, 0.2) is 0 Å². The third-order valence-corrected chi connectivity index (χ3v) is 15.7. The first-order valence-electron chi connectivity index (χ1n) is 24.9. The van der Waals surface area contributed by atoms with Gasteiger partial charge in [0.2, 0.25) is 11.8 Å². The summed E-state index contributed by atoms with van der Waals surface area (Å²) in [6.45, 7) is 8.89. The van der Waals surface area contributed by atoms with Crippen molar-refractivity contribution >= 4 is 45.8 Å². The smallest absolute Gasteiger partial charge is 0.407 e. The minimum atomic E-state index is -0.701. The Bertz CT molecular complexity index is 2950. The number of likely N-dealkylation sites (tertiary alicyclic amines) is 2. The highest BCUT2D eigenvalue weighted by atomic mass is 16.5. The number of alkyl carbamates (subject to hydrolysis) is 2. The molecule has 4 amide bonds. The van der Waals surface area contributed by atoms with Crippen LogP contribution in [-0.4, -0.2) is 93.1 Å². The Morgan fingerprint density at radius 2 is 1.26 bits per heavy atom. The largest absolute Gasteiger partial charge is 0.453 e. The quantitative estimate of drug-likeness (QED) is 0.0993. The molecule has 4 heterocycles. The highest BCUT2D eigenvalue weighted by Gasteiger charge is 2.44. The van der Waals surface area contributed by atoms with Gasteiger partial charge in [0.1, 0.15) is 23.7 Å². The second-order valence-corrected chi connectivity index (χ2v) is 20.3. The number of rotatable bonds is 11.